The highest BCUT2D eigenvalue weighted by Gasteiger charge is 2.23. The Morgan fingerprint density at radius 1 is 1.24 bits per heavy atom. The summed E-state index contributed by atoms with van der Waals surface area (Å²) < 4.78 is 1.89. The average Bonchev–Trinajstić information content (AvgIpc) is 3.15. The van der Waals surface area contributed by atoms with E-state index in [-0.39, 0.29) is 22.9 Å². The molecule has 3 aromatic rings. The van der Waals surface area contributed by atoms with Crippen molar-refractivity contribution in [3.8, 4) is 0 Å². The lowest BCUT2D eigenvalue weighted by Crippen LogP contribution is -2.35. The highest BCUT2D eigenvalue weighted by molar-refractivity contribution is 8.00. The van der Waals surface area contributed by atoms with Crippen LogP contribution >= 0.6 is 23.5 Å². The monoisotopic (exact) mass is 431 g/mol. The van der Waals surface area contributed by atoms with Crippen LogP contribution in [-0.2, 0) is 4.79 Å². The molecule has 0 saturated carbocycles. The normalized spacial score (nSPS) is 13.2. The highest BCUT2D eigenvalue weighted by Crippen LogP contribution is 2.26. The minimum atomic E-state index is -0.441. The van der Waals surface area contributed by atoms with E-state index in [4.69, 9.17) is 0 Å². The predicted molar refractivity (Wildman–Crippen MR) is 115 cm³/mol. The zero-order chi connectivity index (χ0) is 20.8. The molecule has 0 aliphatic carbocycles. The van der Waals surface area contributed by atoms with Crippen molar-refractivity contribution in [1.29, 1.82) is 0 Å². The molecule has 3 rings (SSSR count). The Morgan fingerprint density at radius 3 is 2.69 bits per heavy atom. The Bertz CT molecular complexity index is 993. The van der Waals surface area contributed by atoms with Crippen molar-refractivity contribution in [2.75, 3.05) is 12.0 Å². The standard InChI is InChI=1S/C19H21N5O3S2/c1-13(29-15-8-6-14(7-9-15)24(26)27)19(25)20-16(10-12-28-2)18-22-21-17-5-3-4-11-23(17)18/h3-9,11,13,16H,10,12H2,1-2H3,(H,20,25). The first kappa shape index (κ1) is 21.1. The second-order valence-corrected chi connectivity index (χ2v) is 8.74. The Hall–Kier alpha value is -2.59. The number of amides is 1. The van der Waals surface area contributed by atoms with Gasteiger partial charge < -0.3 is 5.32 Å². The Kier molecular flexibility index (Phi) is 7.10. The third kappa shape index (κ3) is 5.27. The van der Waals surface area contributed by atoms with Crippen molar-refractivity contribution in [1.82, 2.24) is 19.9 Å². The van der Waals surface area contributed by atoms with E-state index in [2.05, 4.69) is 15.5 Å². The van der Waals surface area contributed by atoms with Gasteiger partial charge in [0.1, 0.15) is 0 Å². The van der Waals surface area contributed by atoms with Crippen LogP contribution in [0.4, 0.5) is 5.69 Å². The minimum absolute atomic E-state index is 0.0299. The number of hydrogen-bond donors (Lipinski definition) is 1. The maximum absolute atomic E-state index is 12.8. The molecule has 2 unspecified atom stereocenters. The van der Waals surface area contributed by atoms with E-state index in [0.29, 0.717) is 5.82 Å². The Labute approximate surface area is 176 Å². The number of carbonyl (C=O) groups is 1. The number of nitro groups is 1. The SMILES string of the molecule is CSCCC(NC(=O)C(C)Sc1ccc([N+](=O)[O-])cc1)c1nnc2ccccn12. The smallest absolute Gasteiger partial charge is 0.269 e. The molecule has 1 amide bonds. The Morgan fingerprint density at radius 2 is 2.00 bits per heavy atom. The molecule has 2 aromatic heterocycles. The van der Waals surface area contributed by atoms with Crippen molar-refractivity contribution in [2.45, 2.75) is 29.5 Å². The summed E-state index contributed by atoms with van der Waals surface area (Å²) in [5.41, 5.74) is 0.765. The maximum atomic E-state index is 12.8. The van der Waals surface area contributed by atoms with Gasteiger partial charge in [0.15, 0.2) is 11.5 Å². The van der Waals surface area contributed by atoms with Gasteiger partial charge in [-0.3, -0.25) is 19.3 Å². The molecule has 0 spiro atoms. The number of carbonyl (C=O) groups excluding carboxylic acids is 1. The molecule has 152 valence electrons. The summed E-state index contributed by atoms with van der Waals surface area (Å²) in [6.07, 6.45) is 4.64. The summed E-state index contributed by atoms with van der Waals surface area (Å²) in [4.78, 5) is 24.0. The molecular formula is C19H21N5O3S2. The van der Waals surface area contributed by atoms with Gasteiger partial charge in [0.05, 0.1) is 16.2 Å². The fourth-order valence-corrected chi connectivity index (χ4v) is 4.14. The van der Waals surface area contributed by atoms with Crippen molar-refractivity contribution in [3.05, 3.63) is 64.6 Å². The summed E-state index contributed by atoms with van der Waals surface area (Å²) >= 11 is 3.06. The number of nitrogens with one attached hydrogen (secondary N) is 1. The number of benzene rings is 1. The van der Waals surface area contributed by atoms with Crippen LogP contribution in [0.5, 0.6) is 0 Å². The topological polar surface area (TPSA) is 102 Å². The minimum Gasteiger partial charge on any atom is -0.345 e. The van der Waals surface area contributed by atoms with Crippen LogP contribution in [0, 0.1) is 10.1 Å². The molecule has 0 fully saturated rings. The van der Waals surface area contributed by atoms with Gasteiger partial charge in [-0.15, -0.1) is 22.0 Å². The number of hydrogen-bond acceptors (Lipinski definition) is 7. The molecule has 0 bridgehead atoms. The second kappa shape index (κ2) is 9.75. The molecule has 29 heavy (non-hydrogen) atoms. The van der Waals surface area contributed by atoms with Crippen LogP contribution in [0.1, 0.15) is 25.2 Å². The number of thioether (sulfide) groups is 2. The van der Waals surface area contributed by atoms with Crippen LogP contribution in [0.15, 0.2) is 53.6 Å². The van der Waals surface area contributed by atoms with Crippen molar-refractivity contribution in [2.24, 2.45) is 0 Å². The van der Waals surface area contributed by atoms with E-state index < -0.39 is 4.92 Å². The van der Waals surface area contributed by atoms with Crippen LogP contribution in [0.25, 0.3) is 5.65 Å². The van der Waals surface area contributed by atoms with E-state index in [9.17, 15) is 14.9 Å². The zero-order valence-corrected chi connectivity index (χ0v) is 17.7. The summed E-state index contributed by atoms with van der Waals surface area (Å²) in [7, 11) is 0. The fourth-order valence-electron chi connectivity index (χ4n) is 2.79. The predicted octanol–water partition coefficient (Wildman–Crippen LogP) is 3.73. The van der Waals surface area contributed by atoms with E-state index >= 15 is 0 Å². The first-order valence-electron chi connectivity index (χ1n) is 8.99. The molecular weight excluding hydrogens is 410 g/mol. The zero-order valence-electron chi connectivity index (χ0n) is 16.0. The second-order valence-electron chi connectivity index (χ2n) is 6.34. The number of nitrogens with zero attached hydrogens (tertiary/aromatic N) is 4. The van der Waals surface area contributed by atoms with Crippen molar-refractivity contribution < 1.29 is 9.72 Å². The number of non-ortho nitro benzene ring substituents is 1. The number of aromatic nitrogens is 3. The molecule has 0 aliphatic rings. The van der Waals surface area contributed by atoms with Gasteiger partial charge in [0, 0.05) is 23.2 Å². The third-order valence-corrected chi connectivity index (χ3v) is 6.06. The van der Waals surface area contributed by atoms with Gasteiger partial charge in [-0.1, -0.05) is 6.07 Å². The molecule has 2 heterocycles. The van der Waals surface area contributed by atoms with Crippen molar-refractivity contribution >= 4 is 40.8 Å². The van der Waals surface area contributed by atoms with Gasteiger partial charge >= 0.3 is 0 Å². The molecule has 0 saturated heterocycles. The maximum Gasteiger partial charge on any atom is 0.269 e. The van der Waals surface area contributed by atoms with Gasteiger partial charge in [0.25, 0.3) is 5.69 Å². The van der Waals surface area contributed by atoms with Gasteiger partial charge in [-0.25, -0.2) is 0 Å². The van der Waals surface area contributed by atoms with Crippen LogP contribution < -0.4 is 5.32 Å². The van der Waals surface area contributed by atoms with Crippen molar-refractivity contribution in [3.63, 3.8) is 0 Å². The molecule has 10 heteroatoms. The summed E-state index contributed by atoms with van der Waals surface area (Å²) in [6, 6.07) is 11.6. The molecule has 2 atom stereocenters. The Balaban J connectivity index is 1.71. The van der Waals surface area contributed by atoms with Gasteiger partial charge in [0.2, 0.25) is 5.91 Å². The lowest BCUT2D eigenvalue weighted by Gasteiger charge is -2.19. The van der Waals surface area contributed by atoms with Gasteiger partial charge in [-0.05, 0) is 49.6 Å². The van der Waals surface area contributed by atoms with Gasteiger partial charge in [-0.2, -0.15) is 11.8 Å². The largest absolute Gasteiger partial charge is 0.345 e. The number of nitro benzene ring substituents is 1. The number of rotatable bonds is 9. The van der Waals surface area contributed by atoms with Crippen LogP contribution in [-0.4, -0.2) is 42.7 Å². The average molecular weight is 432 g/mol. The van der Waals surface area contributed by atoms with E-state index in [1.807, 2.05) is 42.0 Å². The summed E-state index contributed by atoms with van der Waals surface area (Å²) in [6.45, 7) is 1.81. The summed E-state index contributed by atoms with van der Waals surface area (Å²) in [5, 5.41) is 22.0. The molecule has 1 aromatic carbocycles. The summed E-state index contributed by atoms with van der Waals surface area (Å²) in [5.74, 6) is 1.46. The lowest BCUT2D eigenvalue weighted by atomic mass is 10.2. The molecule has 8 nitrogen and oxygen atoms in total. The molecule has 0 radical (unpaired) electrons. The first-order chi connectivity index (χ1) is 14.0. The van der Waals surface area contributed by atoms with E-state index in [1.165, 1.54) is 23.9 Å². The van der Waals surface area contributed by atoms with E-state index in [0.717, 1.165) is 22.7 Å². The first-order valence-corrected chi connectivity index (χ1v) is 11.3. The third-order valence-electron chi connectivity index (χ3n) is 4.31. The van der Waals surface area contributed by atoms with E-state index in [1.54, 1.807) is 23.9 Å². The number of fused-ring (bicyclic) bond motifs is 1. The fraction of sp³-hybridized carbons (Fsp3) is 0.316. The quantitative estimate of drug-likeness (QED) is 0.313. The highest BCUT2D eigenvalue weighted by atomic mass is 32.2. The lowest BCUT2D eigenvalue weighted by molar-refractivity contribution is -0.384. The van der Waals surface area contributed by atoms with Crippen LogP contribution in [0.3, 0.4) is 0 Å². The molecule has 0 aliphatic heterocycles. The number of pyridine rings is 1. The van der Waals surface area contributed by atoms with Crippen LogP contribution in [0.2, 0.25) is 0 Å². The molecule has 1 N–H and O–H groups in total.